The molecule has 4 N–H and O–H groups in total. The summed E-state index contributed by atoms with van der Waals surface area (Å²) in [6.07, 6.45) is 9.57. The third-order valence-electron chi connectivity index (χ3n) is 5.17. The topological polar surface area (TPSA) is 95.1 Å². The molecule has 158 valence electrons. The first-order chi connectivity index (χ1) is 14.1. The summed E-state index contributed by atoms with van der Waals surface area (Å²) < 4.78 is 27.9. The molecule has 0 bridgehead atoms. The number of nitrogens with zero attached hydrogens (tertiary/aromatic N) is 1. The van der Waals surface area contributed by atoms with Crippen LogP contribution in [0.2, 0.25) is 0 Å². The molecule has 1 aliphatic rings. The van der Waals surface area contributed by atoms with E-state index in [0.29, 0.717) is 25.7 Å². The van der Waals surface area contributed by atoms with Crippen LogP contribution in [0.5, 0.6) is 0 Å². The van der Waals surface area contributed by atoms with Crippen LogP contribution in [-0.4, -0.2) is 39.6 Å². The van der Waals surface area contributed by atoms with Crippen molar-refractivity contribution in [1.82, 2.24) is 15.0 Å². The Morgan fingerprint density at radius 2 is 1.76 bits per heavy atom. The summed E-state index contributed by atoms with van der Waals surface area (Å²) >= 11 is 0. The standard InChI is InChI=1S/C21H31N5O2S/c1-22-13-14-25-29(27,28)19-7-8-20(26-18-5-3-2-4-6-18)21(15-19)24-16-17-9-11-23-12-10-17/h7-12,15,18,22,24-26H,2-6,13-14,16H2,1H3. The van der Waals surface area contributed by atoms with Crippen LogP contribution in [0.25, 0.3) is 0 Å². The summed E-state index contributed by atoms with van der Waals surface area (Å²) in [5, 5.41) is 9.96. The van der Waals surface area contributed by atoms with E-state index in [2.05, 4.69) is 25.7 Å². The highest BCUT2D eigenvalue weighted by Crippen LogP contribution is 2.29. The van der Waals surface area contributed by atoms with E-state index in [1.165, 1.54) is 19.3 Å². The van der Waals surface area contributed by atoms with Gasteiger partial charge in [0.2, 0.25) is 10.0 Å². The summed E-state index contributed by atoms with van der Waals surface area (Å²) in [5.41, 5.74) is 2.83. The summed E-state index contributed by atoms with van der Waals surface area (Å²) in [5.74, 6) is 0. The van der Waals surface area contributed by atoms with E-state index < -0.39 is 10.0 Å². The minimum absolute atomic E-state index is 0.264. The third-order valence-corrected chi connectivity index (χ3v) is 6.62. The first-order valence-electron chi connectivity index (χ1n) is 10.3. The molecule has 0 aliphatic heterocycles. The molecule has 0 radical (unpaired) electrons. The molecule has 0 amide bonds. The van der Waals surface area contributed by atoms with Crippen molar-refractivity contribution in [2.75, 3.05) is 30.8 Å². The third kappa shape index (κ3) is 6.42. The van der Waals surface area contributed by atoms with E-state index in [4.69, 9.17) is 0 Å². The summed E-state index contributed by atoms with van der Waals surface area (Å²) in [6.45, 7) is 1.52. The molecule has 3 rings (SSSR count). The minimum atomic E-state index is -3.56. The lowest BCUT2D eigenvalue weighted by molar-refractivity contribution is 0.463. The largest absolute Gasteiger partial charge is 0.381 e. The Morgan fingerprint density at radius 1 is 1.00 bits per heavy atom. The molecule has 1 heterocycles. The number of nitrogens with one attached hydrogen (secondary N) is 4. The van der Waals surface area contributed by atoms with Crippen molar-refractivity contribution in [2.45, 2.75) is 49.6 Å². The van der Waals surface area contributed by atoms with Gasteiger partial charge in [0, 0.05) is 38.1 Å². The fraction of sp³-hybridized carbons (Fsp3) is 0.476. The maximum Gasteiger partial charge on any atom is 0.240 e. The Labute approximate surface area is 173 Å². The molecule has 0 unspecified atom stereocenters. The minimum Gasteiger partial charge on any atom is -0.381 e. The zero-order valence-corrected chi connectivity index (χ0v) is 17.8. The Hall–Kier alpha value is -2.16. The highest BCUT2D eigenvalue weighted by atomic mass is 32.2. The number of likely N-dealkylation sites (N-methyl/N-ethyl adjacent to an activating group) is 1. The molecule has 0 saturated heterocycles. The van der Waals surface area contributed by atoms with E-state index in [9.17, 15) is 8.42 Å². The van der Waals surface area contributed by atoms with Crippen LogP contribution in [0.3, 0.4) is 0 Å². The first kappa shape index (κ1) is 21.5. The smallest absolute Gasteiger partial charge is 0.240 e. The fourth-order valence-electron chi connectivity index (χ4n) is 3.52. The molecule has 1 aliphatic carbocycles. The Morgan fingerprint density at radius 3 is 2.48 bits per heavy atom. The van der Waals surface area contributed by atoms with Crippen molar-refractivity contribution in [3.63, 3.8) is 0 Å². The van der Waals surface area contributed by atoms with Crippen LogP contribution >= 0.6 is 0 Å². The van der Waals surface area contributed by atoms with Crippen LogP contribution in [0.1, 0.15) is 37.7 Å². The van der Waals surface area contributed by atoms with Crippen molar-refractivity contribution < 1.29 is 8.42 Å². The maximum absolute atomic E-state index is 12.6. The van der Waals surface area contributed by atoms with Gasteiger partial charge in [-0.25, -0.2) is 13.1 Å². The van der Waals surface area contributed by atoms with Gasteiger partial charge in [0.1, 0.15) is 0 Å². The molecule has 29 heavy (non-hydrogen) atoms. The molecule has 7 nitrogen and oxygen atoms in total. The van der Waals surface area contributed by atoms with E-state index in [1.807, 2.05) is 18.2 Å². The Bertz CT molecular complexity index is 868. The Kier molecular flexibility index (Phi) is 7.85. The zero-order valence-electron chi connectivity index (χ0n) is 16.9. The highest BCUT2D eigenvalue weighted by molar-refractivity contribution is 7.89. The van der Waals surface area contributed by atoms with Crippen molar-refractivity contribution in [1.29, 1.82) is 0 Å². The second kappa shape index (κ2) is 10.6. The number of sulfonamides is 1. The van der Waals surface area contributed by atoms with Gasteiger partial charge >= 0.3 is 0 Å². The van der Waals surface area contributed by atoms with Gasteiger partial charge in [0.25, 0.3) is 0 Å². The van der Waals surface area contributed by atoms with Crippen molar-refractivity contribution in [2.24, 2.45) is 0 Å². The van der Waals surface area contributed by atoms with Crippen molar-refractivity contribution in [3.05, 3.63) is 48.3 Å². The monoisotopic (exact) mass is 417 g/mol. The average molecular weight is 418 g/mol. The van der Waals surface area contributed by atoms with Gasteiger partial charge in [-0.15, -0.1) is 0 Å². The molecule has 0 atom stereocenters. The van der Waals surface area contributed by atoms with Gasteiger partial charge in [-0.1, -0.05) is 19.3 Å². The zero-order chi connectivity index (χ0) is 20.5. The molecule has 1 fully saturated rings. The van der Waals surface area contributed by atoms with Gasteiger partial charge in [0.05, 0.1) is 16.3 Å². The number of hydrogen-bond donors (Lipinski definition) is 4. The van der Waals surface area contributed by atoms with Crippen molar-refractivity contribution >= 4 is 21.4 Å². The van der Waals surface area contributed by atoms with Crippen LogP contribution in [0.15, 0.2) is 47.6 Å². The Balaban J connectivity index is 1.80. The van der Waals surface area contributed by atoms with Gasteiger partial charge < -0.3 is 16.0 Å². The molecule has 8 heteroatoms. The predicted molar refractivity (Wildman–Crippen MR) is 118 cm³/mol. The average Bonchev–Trinajstić information content (AvgIpc) is 2.74. The lowest BCUT2D eigenvalue weighted by Crippen LogP contribution is -2.30. The van der Waals surface area contributed by atoms with Crippen LogP contribution in [-0.2, 0) is 16.6 Å². The second-order valence-corrected chi connectivity index (χ2v) is 9.16. The predicted octanol–water partition coefficient (Wildman–Crippen LogP) is 2.94. The lowest BCUT2D eigenvalue weighted by Gasteiger charge is -2.25. The van der Waals surface area contributed by atoms with Gasteiger partial charge in [-0.05, 0) is 55.8 Å². The number of aromatic nitrogens is 1. The van der Waals surface area contributed by atoms with Crippen molar-refractivity contribution in [3.8, 4) is 0 Å². The fourth-order valence-corrected chi connectivity index (χ4v) is 4.58. The van der Waals surface area contributed by atoms with Gasteiger partial charge in [-0.2, -0.15) is 0 Å². The molecule has 1 aromatic carbocycles. The molecule has 0 spiro atoms. The first-order valence-corrected chi connectivity index (χ1v) is 11.7. The maximum atomic E-state index is 12.6. The van der Waals surface area contributed by atoms with E-state index in [1.54, 1.807) is 31.6 Å². The van der Waals surface area contributed by atoms with E-state index in [-0.39, 0.29) is 4.90 Å². The number of hydrogen-bond acceptors (Lipinski definition) is 6. The molecule has 1 saturated carbocycles. The number of pyridine rings is 1. The van der Waals surface area contributed by atoms with Crippen LogP contribution in [0, 0.1) is 0 Å². The molecule has 2 aromatic rings. The van der Waals surface area contributed by atoms with E-state index in [0.717, 1.165) is 29.8 Å². The summed E-state index contributed by atoms with van der Waals surface area (Å²) in [6, 6.07) is 9.58. The number of rotatable bonds is 10. The van der Waals surface area contributed by atoms with Gasteiger partial charge in [0.15, 0.2) is 0 Å². The number of anilines is 2. The quantitative estimate of drug-likeness (QED) is 0.444. The molecular formula is C21H31N5O2S. The summed E-state index contributed by atoms with van der Waals surface area (Å²) in [4.78, 5) is 4.31. The normalized spacial score (nSPS) is 15.2. The van der Waals surface area contributed by atoms with Gasteiger partial charge in [-0.3, -0.25) is 4.98 Å². The summed E-state index contributed by atoms with van der Waals surface area (Å²) in [7, 11) is -1.76. The highest BCUT2D eigenvalue weighted by Gasteiger charge is 2.18. The van der Waals surface area contributed by atoms with Crippen LogP contribution < -0.4 is 20.7 Å². The van der Waals surface area contributed by atoms with Crippen LogP contribution in [0.4, 0.5) is 11.4 Å². The molecular weight excluding hydrogens is 386 g/mol. The van der Waals surface area contributed by atoms with E-state index >= 15 is 0 Å². The SMILES string of the molecule is CNCCNS(=O)(=O)c1ccc(NC2CCCCC2)c(NCc2ccncc2)c1. The molecule has 1 aromatic heterocycles. The number of benzene rings is 1. The second-order valence-electron chi connectivity index (χ2n) is 7.40. The lowest BCUT2D eigenvalue weighted by atomic mass is 9.95.